The molecule has 6 heteroatoms. The van der Waals surface area contributed by atoms with Gasteiger partial charge in [-0.2, -0.15) is 0 Å². The Morgan fingerprint density at radius 3 is 2.74 bits per heavy atom. The van der Waals surface area contributed by atoms with Gasteiger partial charge in [-0.25, -0.2) is 4.39 Å². The number of hydrogen-bond donors (Lipinski definition) is 1. The van der Waals surface area contributed by atoms with Crippen LogP contribution in [0.2, 0.25) is 0 Å². The lowest BCUT2D eigenvalue weighted by molar-refractivity contribution is 0.423. The van der Waals surface area contributed by atoms with E-state index in [0.29, 0.717) is 17.1 Å². The van der Waals surface area contributed by atoms with Crippen molar-refractivity contribution in [1.82, 2.24) is 15.5 Å². The van der Waals surface area contributed by atoms with Gasteiger partial charge in [0.2, 0.25) is 0 Å². The molecule has 1 aromatic carbocycles. The van der Waals surface area contributed by atoms with Crippen molar-refractivity contribution < 1.29 is 4.39 Å². The first kappa shape index (κ1) is 14.6. The Hall–Kier alpha value is -0.850. The largest absolute Gasteiger partial charge is 0.306 e. The number of halogens is 2. The molecule has 0 saturated carbocycles. The van der Waals surface area contributed by atoms with Crippen molar-refractivity contribution in [1.29, 1.82) is 0 Å². The van der Waals surface area contributed by atoms with Crippen LogP contribution in [0.3, 0.4) is 0 Å². The molecule has 19 heavy (non-hydrogen) atoms. The molecule has 0 spiro atoms. The predicted molar refractivity (Wildman–Crippen MR) is 79.6 cm³/mol. The third-order valence-electron chi connectivity index (χ3n) is 2.40. The molecule has 0 saturated heterocycles. The Balaban J connectivity index is 2.19. The highest BCUT2D eigenvalue weighted by Crippen LogP contribution is 2.28. The van der Waals surface area contributed by atoms with Crippen LogP contribution in [0.15, 0.2) is 22.7 Å². The lowest BCUT2D eigenvalue weighted by Crippen LogP contribution is -2.35. The van der Waals surface area contributed by atoms with Gasteiger partial charge in [0, 0.05) is 15.6 Å². The molecule has 2 rings (SSSR count). The second kappa shape index (κ2) is 5.64. The molecular formula is C13H15BrFN3S. The average molecular weight is 344 g/mol. The molecule has 0 unspecified atom stereocenters. The molecule has 0 amide bonds. The van der Waals surface area contributed by atoms with Gasteiger partial charge in [-0.15, -0.1) is 10.2 Å². The van der Waals surface area contributed by atoms with Gasteiger partial charge in [0.1, 0.15) is 10.8 Å². The highest BCUT2D eigenvalue weighted by Gasteiger charge is 2.14. The zero-order valence-corrected chi connectivity index (χ0v) is 13.4. The van der Waals surface area contributed by atoms with E-state index in [1.807, 2.05) is 0 Å². The molecule has 0 aliphatic carbocycles. The van der Waals surface area contributed by atoms with Crippen molar-refractivity contribution in [3.63, 3.8) is 0 Å². The van der Waals surface area contributed by atoms with Gasteiger partial charge in [0.05, 0.1) is 6.54 Å². The lowest BCUT2D eigenvalue weighted by atomic mass is 10.1. The van der Waals surface area contributed by atoms with E-state index in [9.17, 15) is 4.39 Å². The molecule has 0 radical (unpaired) electrons. The minimum absolute atomic E-state index is 0.0207. The molecule has 102 valence electrons. The first-order valence-corrected chi connectivity index (χ1v) is 7.49. The van der Waals surface area contributed by atoms with Crippen LogP contribution >= 0.6 is 27.3 Å². The van der Waals surface area contributed by atoms with E-state index in [0.717, 1.165) is 9.48 Å². The fourth-order valence-electron chi connectivity index (χ4n) is 1.44. The highest BCUT2D eigenvalue weighted by molar-refractivity contribution is 9.10. The topological polar surface area (TPSA) is 37.8 Å². The smallest absolute Gasteiger partial charge is 0.150 e. The van der Waals surface area contributed by atoms with Crippen LogP contribution in [0.5, 0.6) is 0 Å². The van der Waals surface area contributed by atoms with E-state index in [2.05, 4.69) is 52.2 Å². The molecule has 0 atom stereocenters. The summed E-state index contributed by atoms with van der Waals surface area (Å²) in [5.74, 6) is -0.283. The van der Waals surface area contributed by atoms with Crippen molar-refractivity contribution >= 4 is 27.3 Å². The van der Waals surface area contributed by atoms with E-state index >= 15 is 0 Å². The second-order valence-electron chi connectivity index (χ2n) is 5.23. The number of hydrogen-bond acceptors (Lipinski definition) is 4. The van der Waals surface area contributed by atoms with Crippen molar-refractivity contribution in [2.75, 3.05) is 0 Å². The Morgan fingerprint density at radius 1 is 1.32 bits per heavy atom. The molecular weight excluding hydrogens is 329 g/mol. The SMILES string of the molecule is CC(C)(C)NCc1nnc(-c2cc(Br)ccc2F)s1. The van der Waals surface area contributed by atoms with Crippen molar-refractivity contribution in [3.8, 4) is 10.6 Å². The van der Waals surface area contributed by atoms with Gasteiger partial charge in [-0.3, -0.25) is 0 Å². The summed E-state index contributed by atoms with van der Waals surface area (Å²) in [4.78, 5) is 0. The van der Waals surface area contributed by atoms with Gasteiger partial charge in [-0.1, -0.05) is 27.3 Å². The maximum Gasteiger partial charge on any atom is 0.150 e. The molecule has 2 aromatic rings. The van der Waals surface area contributed by atoms with Gasteiger partial charge in [0.15, 0.2) is 5.01 Å². The van der Waals surface area contributed by atoms with Crippen LogP contribution in [0.1, 0.15) is 25.8 Å². The summed E-state index contributed by atoms with van der Waals surface area (Å²) in [5, 5.41) is 12.9. The minimum atomic E-state index is -0.283. The van der Waals surface area contributed by atoms with E-state index in [1.165, 1.54) is 17.4 Å². The Morgan fingerprint density at radius 2 is 2.05 bits per heavy atom. The maximum atomic E-state index is 13.7. The van der Waals surface area contributed by atoms with Crippen molar-refractivity contribution in [3.05, 3.63) is 33.5 Å². The monoisotopic (exact) mass is 343 g/mol. The predicted octanol–water partition coefficient (Wildman–Crippen LogP) is 3.99. The average Bonchev–Trinajstić information content (AvgIpc) is 2.77. The highest BCUT2D eigenvalue weighted by atomic mass is 79.9. The van der Waals surface area contributed by atoms with Crippen LogP contribution in [0, 0.1) is 5.82 Å². The molecule has 0 fully saturated rings. The fraction of sp³-hybridized carbons (Fsp3) is 0.385. The van der Waals surface area contributed by atoms with Gasteiger partial charge < -0.3 is 5.32 Å². The number of benzene rings is 1. The fourth-order valence-corrected chi connectivity index (χ4v) is 2.59. The summed E-state index contributed by atoms with van der Waals surface area (Å²) in [6, 6.07) is 4.81. The summed E-state index contributed by atoms with van der Waals surface area (Å²) in [6.07, 6.45) is 0. The summed E-state index contributed by atoms with van der Waals surface area (Å²) in [7, 11) is 0. The third-order valence-corrected chi connectivity index (χ3v) is 3.85. The molecule has 1 N–H and O–H groups in total. The number of aromatic nitrogens is 2. The van der Waals surface area contributed by atoms with Crippen LogP contribution in [-0.2, 0) is 6.54 Å². The zero-order chi connectivity index (χ0) is 14.0. The summed E-state index contributed by atoms with van der Waals surface area (Å²) >= 11 is 4.74. The Kier molecular flexibility index (Phi) is 4.32. The van der Waals surface area contributed by atoms with Crippen LogP contribution < -0.4 is 5.32 Å². The number of nitrogens with zero attached hydrogens (tertiary/aromatic N) is 2. The quantitative estimate of drug-likeness (QED) is 0.915. The van der Waals surface area contributed by atoms with Gasteiger partial charge in [-0.05, 0) is 39.0 Å². The van der Waals surface area contributed by atoms with Crippen molar-refractivity contribution in [2.45, 2.75) is 32.9 Å². The second-order valence-corrected chi connectivity index (χ2v) is 7.21. The molecule has 1 heterocycles. The van der Waals surface area contributed by atoms with Gasteiger partial charge >= 0.3 is 0 Å². The molecule has 3 nitrogen and oxygen atoms in total. The molecule has 0 aliphatic heterocycles. The maximum absolute atomic E-state index is 13.7. The van der Waals surface area contributed by atoms with Gasteiger partial charge in [0.25, 0.3) is 0 Å². The Labute approximate surface area is 124 Å². The molecule has 0 bridgehead atoms. The first-order chi connectivity index (χ1) is 8.85. The Bertz CT molecular complexity index is 578. The number of nitrogens with one attached hydrogen (secondary N) is 1. The summed E-state index contributed by atoms with van der Waals surface area (Å²) < 4.78 is 14.6. The zero-order valence-electron chi connectivity index (χ0n) is 11.0. The summed E-state index contributed by atoms with van der Waals surface area (Å²) in [6.45, 7) is 6.89. The molecule has 0 aliphatic rings. The van der Waals surface area contributed by atoms with Crippen LogP contribution in [0.4, 0.5) is 4.39 Å². The van der Waals surface area contributed by atoms with Crippen molar-refractivity contribution in [2.24, 2.45) is 0 Å². The van der Waals surface area contributed by atoms with E-state index < -0.39 is 0 Å². The van der Waals surface area contributed by atoms with E-state index in [4.69, 9.17) is 0 Å². The third kappa shape index (κ3) is 4.06. The summed E-state index contributed by atoms with van der Waals surface area (Å²) in [5.41, 5.74) is 0.501. The lowest BCUT2D eigenvalue weighted by Gasteiger charge is -2.19. The number of rotatable bonds is 3. The van der Waals surface area contributed by atoms with Crippen LogP contribution in [0.25, 0.3) is 10.6 Å². The van der Waals surface area contributed by atoms with Crippen LogP contribution in [-0.4, -0.2) is 15.7 Å². The van der Waals surface area contributed by atoms with E-state index in [1.54, 1.807) is 12.1 Å². The van der Waals surface area contributed by atoms with E-state index in [-0.39, 0.29) is 11.4 Å². The standard InChI is InChI=1S/C13H15BrFN3S/c1-13(2,3)16-7-11-17-18-12(19-11)9-6-8(14)4-5-10(9)15/h4-6,16H,7H2,1-3H3. The first-order valence-electron chi connectivity index (χ1n) is 5.88. The minimum Gasteiger partial charge on any atom is -0.306 e. The molecule has 1 aromatic heterocycles. The normalized spacial score (nSPS) is 11.8.